The van der Waals surface area contributed by atoms with Crippen molar-refractivity contribution >= 4 is 11.5 Å². The number of ketones is 1. The first kappa shape index (κ1) is 7.55. The summed E-state index contributed by atoms with van der Waals surface area (Å²) in [5.74, 6) is 0.142. The number of allylic oxidation sites excluding steroid dienone is 1. The fourth-order valence-electron chi connectivity index (χ4n) is 1.93. The highest BCUT2D eigenvalue weighted by Crippen LogP contribution is 2.29. The summed E-state index contributed by atoms with van der Waals surface area (Å²) in [5, 5.41) is 6.38. The summed E-state index contributed by atoms with van der Waals surface area (Å²) in [6.07, 6.45) is 3.81. The zero-order valence-corrected chi connectivity index (χ0v) is 7.50. The van der Waals surface area contributed by atoms with Crippen molar-refractivity contribution in [3.63, 3.8) is 0 Å². The molecule has 1 aliphatic heterocycles. The van der Waals surface area contributed by atoms with Crippen molar-refractivity contribution in [3.8, 4) is 0 Å². The molecule has 1 aromatic heterocycles. The van der Waals surface area contributed by atoms with Gasteiger partial charge in [-0.2, -0.15) is 0 Å². The summed E-state index contributed by atoms with van der Waals surface area (Å²) in [4.78, 5) is 15.7. The number of nitrogens with zero attached hydrogens (tertiary/aromatic N) is 1. The number of fused-ring (bicyclic) bond motifs is 2. The van der Waals surface area contributed by atoms with Gasteiger partial charge in [0.05, 0.1) is 18.8 Å². The van der Waals surface area contributed by atoms with Gasteiger partial charge < -0.3 is 10.6 Å². The molecule has 0 saturated heterocycles. The van der Waals surface area contributed by atoms with Gasteiger partial charge in [0.25, 0.3) is 0 Å². The van der Waals surface area contributed by atoms with Crippen LogP contribution in [0, 0.1) is 0 Å². The van der Waals surface area contributed by atoms with Crippen molar-refractivity contribution in [1.29, 1.82) is 0 Å². The highest BCUT2D eigenvalue weighted by Gasteiger charge is 2.27. The summed E-state index contributed by atoms with van der Waals surface area (Å²) < 4.78 is 0. The number of aromatic nitrogens is 1. The second-order valence-electron chi connectivity index (χ2n) is 3.41. The van der Waals surface area contributed by atoms with E-state index in [1.54, 1.807) is 12.4 Å². The van der Waals surface area contributed by atoms with Gasteiger partial charge in [0.1, 0.15) is 0 Å². The minimum absolute atomic E-state index is 0.142. The Balaban J connectivity index is 2.25. The molecule has 0 radical (unpaired) electrons. The summed E-state index contributed by atoms with van der Waals surface area (Å²) in [6.45, 7) is 0.708. The highest BCUT2D eigenvalue weighted by atomic mass is 16.1. The third-order valence-electron chi connectivity index (χ3n) is 2.60. The van der Waals surface area contributed by atoms with Crippen molar-refractivity contribution in [2.45, 2.75) is 6.42 Å². The first-order valence-electron chi connectivity index (χ1n) is 4.55. The maximum Gasteiger partial charge on any atom is 0.171 e. The van der Waals surface area contributed by atoms with Gasteiger partial charge in [-0.1, -0.05) is 0 Å². The van der Waals surface area contributed by atoms with E-state index in [0.29, 0.717) is 13.1 Å². The van der Waals surface area contributed by atoms with Crippen molar-refractivity contribution in [1.82, 2.24) is 15.6 Å². The van der Waals surface area contributed by atoms with Crippen LogP contribution in [0.3, 0.4) is 0 Å². The zero-order valence-electron chi connectivity index (χ0n) is 7.50. The van der Waals surface area contributed by atoms with Crippen LogP contribution in [0.2, 0.25) is 0 Å². The maximum atomic E-state index is 11.7. The molecule has 0 amide bonds. The number of Topliss-reactive ketones (excluding diaryl/α,β-unsaturated/α-hetero) is 1. The second kappa shape index (κ2) is 2.57. The fraction of sp³-hybridized carbons (Fsp3) is 0.200. The Morgan fingerprint density at radius 2 is 2.21 bits per heavy atom. The van der Waals surface area contributed by atoms with Crippen LogP contribution in [0.5, 0.6) is 0 Å². The molecule has 2 heterocycles. The van der Waals surface area contributed by atoms with E-state index < -0.39 is 0 Å². The minimum atomic E-state index is 0.142. The van der Waals surface area contributed by atoms with Crippen molar-refractivity contribution < 1.29 is 4.79 Å². The van der Waals surface area contributed by atoms with Crippen molar-refractivity contribution in [2.75, 3.05) is 6.67 Å². The van der Waals surface area contributed by atoms with E-state index >= 15 is 0 Å². The Labute approximate surface area is 81.0 Å². The molecule has 0 atom stereocenters. The van der Waals surface area contributed by atoms with E-state index in [-0.39, 0.29) is 5.78 Å². The quantitative estimate of drug-likeness (QED) is 0.620. The predicted octanol–water partition coefficient (Wildman–Crippen LogP) is 0.487. The molecule has 0 aromatic carbocycles. The molecule has 3 rings (SSSR count). The molecule has 4 heteroatoms. The number of nitrogens with one attached hydrogen (secondary N) is 2. The molecule has 0 fully saturated rings. The molecule has 14 heavy (non-hydrogen) atoms. The van der Waals surface area contributed by atoms with Crippen LogP contribution < -0.4 is 10.6 Å². The molecule has 0 spiro atoms. The van der Waals surface area contributed by atoms with Crippen LogP contribution in [0.4, 0.5) is 0 Å². The smallest absolute Gasteiger partial charge is 0.171 e. The molecule has 70 valence electrons. The van der Waals surface area contributed by atoms with Gasteiger partial charge in [-0.05, 0) is 6.07 Å². The third-order valence-corrected chi connectivity index (χ3v) is 2.60. The second-order valence-corrected chi connectivity index (χ2v) is 3.41. The van der Waals surface area contributed by atoms with E-state index in [4.69, 9.17) is 0 Å². The Morgan fingerprint density at radius 3 is 3.14 bits per heavy atom. The summed E-state index contributed by atoms with van der Waals surface area (Å²) in [5.41, 5.74) is 3.76. The molecule has 1 aliphatic carbocycles. The third kappa shape index (κ3) is 0.878. The molecular weight excluding hydrogens is 178 g/mol. The molecule has 2 aliphatic rings. The van der Waals surface area contributed by atoms with Crippen LogP contribution in [-0.4, -0.2) is 17.4 Å². The number of pyridine rings is 1. The van der Waals surface area contributed by atoms with Gasteiger partial charge in [0.15, 0.2) is 5.78 Å². The number of hydrogen-bond donors (Lipinski definition) is 2. The molecule has 0 saturated carbocycles. The lowest BCUT2D eigenvalue weighted by molar-refractivity contribution is 0.0989. The first-order chi connectivity index (χ1) is 6.86. The summed E-state index contributed by atoms with van der Waals surface area (Å²) >= 11 is 0. The fourth-order valence-corrected chi connectivity index (χ4v) is 1.93. The lowest BCUT2D eigenvalue weighted by Crippen LogP contribution is -2.16. The Morgan fingerprint density at radius 1 is 1.29 bits per heavy atom. The lowest BCUT2D eigenvalue weighted by Gasteiger charge is -2.15. The summed E-state index contributed by atoms with van der Waals surface area (Å²) in [7, 11) is 0. The van der Waals surface area contributed by atoms with Crippen LogP contribution >= 0.6 is 0 Å². The predicted molar refractivity (Wildman–Crippen MR) is 51.2 cm³/mol. The minimum Gasteiger partial charge on any atom is -0.369 e. The van der Waals surface area contributed by atoms with E-state index in [1.807, 2.05) is 6.07 Å². The Bertz CT molecular complexity index is 450. The standard InChI is InChI=1S/C10H9N3O/c14-9-3-8-10(13-5-12-8)6-1-2-11-4-7(6)9/h1-2,4,12-13H,3,5H2. The molecule has 4 nitrogen and oxygen atoms in total. The molecule has 0 unspecified atom stereocenters. The number of rotatable bonds is 0. The molecule has 1 aromatic rings. The van der Waals surface area contributed by atoms with E-state index in [9.17, 15) is 4.79 Å². The topological polar surface area (TPSA) is 54.0 Å². The largest absolute Gasteiger partial charge is 0.369 e. The van der Waals surface area contributed by atoms with E-state index in [0.717, 1.165) is 22.5 Å². The lowest BCUT2D eigenvalue weighted by atomic mass is 9.94. The van der Waals surface area contributed by atoms with Gasteiger partial charge in [0.2, 0.25) is 0 Å². The average molecular weight is 187 g/mol. The zero-order chi connectivity index (χ0) is 9.54. The van der Waals surface area contributed by atoms with Gasteiger partial charge in [-0.25, -0.2) is 0 Å². The highest BCUT2D eigenvalue weighted by molar-refractivity contribution is 6.05. The SMILES string of the molecule is O=C1CC2=C(NCN2)c2ccncc21. The van der Waals surface area contributed by atoms with Crippen molar-refractivity contribution in [2.24, 2.45) is 0 Å². The summed E-state index contributed by atoms with van der Waals surface area (Å²) in [6, 6.07) is 1.88. The Hall–Kier alpha value is -1.84. The van der Waals surface area contributed by atoms with Gasteiger partial charge >= 0.3 is 0 Å². The van der Waals surface area contributed by atoms with Crippen LogP contribution in [0.25, 0.3) is 5.70 Å². The monoisotopic (exact) mass is 187 g/mol. The van der Waals surface area contributed by atoms with E-state index in [2.05, 4.69) is 15.6 Å². The number of carbonyl (C=O) groups is 1. The van der Waals surface area contributed by atoms with Crippen LogP contribution in [-0.2, 0) is 0 Å². The number of hydrogen-bond acceptors (Lipinski definition) is 4. The van der Waals surface area contributed by atoms with Crippen molar-refractivity contribution in [3.05, 3.63) is 35.3 Å². The molecular formula is C10H9N3O. The normalized spacial score (nSPS) is 18.4. The first-order valence-corrected chi connectivity index (χ1v) is 4.55. The van der Waals surface area contributed by atoms with Gasteiger partial charge in [-0.3, -0.25) is 9.78 Å². The van der Waals surface area contributed by atoms with Crippen LogP contribution in [0.1, 0.15) is 22.3 Å². The van der Waals surface area contributed by atoms with Crippen LogP contribution in [0.15, 0.2) is 24.2 Å². The van der Waals surface area contributed by atoms with Gasteiger partial charge in [-0.15, -0.1) is 0 Å². The number of carbonyl (C=O) groups excluding carboxylic acids is 1. The molecule has 2 N–H and O–H groups in total. The van der Waals surface area contributed by atoms with Gasteiger partial charge in [0, 0.05) is 29.2 Å². The van der Waals surface area contributed by atoms with E-state index in [1.165, 1.54) is 0 Å². The molecule has 0 bridgehead atoms. The average Bonchev–Trinajstić information content (AvgIpc) is 2.66. The maximum absolute atomic E-state index is 11.7. The Kier molecular flexibility index (Phi) is 1.39.